The normalized spacial score (nSPS) is 23.5. The molecule has 2 aliphatic heterocycles. The first-order valence-corrected chi connectivity index (χ1v) is 12.8. The predicted octanol–water partition coefficient (Wildman–Crippen LogP) is 3.80. The van der Waals surface area contributed by atoms with Gasteiger partial charge in [0.05, 0.1) is 16.7 Å². The lowest BCUT2D eigenvalue weighted by atomic mass is 9.74. The third-order valence-electron chi connectivity index (χ3n) is 7.14. The van der Waals surface area contributed by atoms with Gasteiger partial charge in [-0.2, -0.15) is 0 Å². The van der Waals surface area contributed by atoms with Gasteiger partial charge in [-0.1, -0.05) is 23.7 Å². The van der Waals surface area contributed by atoms with Gasteiger partial charge in [-0.15, -0.1) is 0 Å². The molecule has 1 aromatic rings. The van der Waals surface area contributed by atoms with Crippen LogP contribution < -0.4 is 11.1 Å². The molecule has 9 heteroatoms. The van der Waals surface area contributed by atoms with Crippen molar-refractivity contribution in [1.29, 1.82) is 0 Å². The van der Waals surface area contributed by atoms with Crippen LogP contribution in [0, 0.1) is 11.7 Å². The molecule has 2 saturated heterocycles. The highest BCUT2D eigenvalue weighted by molar-refractivity contribution is 6.30. The minimum absolute atomic E-state index is 0.0156. The fraction of sp³-hybridized carbons (Fsp3) is 0.720. The molecule has 0 saturated carbocycles. The number of amides is 2. The number of carbonyl (C=O) groups excluding carboxylic acids is 1. The summed E-state index contributed by atoms with van der Waals surface area (Å²) < 4.78 is 25.9. The number of hydrogen-bond acceptors (Lipinski definition) is 5. The number of nitrogens with one attached hydrogen (secondary N) is 1. The van der Waals surface area contributed by atoms with Crippen molar-refractivity contribution < 1.29 is 23.8 Å². The average Bonchev–Trinajstić information content (AvgIpc) is 3.36. The molecule has 4 atom stereocenters. The van der Waals surface area contributed by atoms with Crippen molar-refractivity contribution in [3.05, 3.63) is 34.6 Å². The summed E-state index contributed by atoms with van der Waals surface area (Å²) in [5.74, 6) is -0.920. The third-order valence-corrected chi connectivity index (χ3v) is 7.43. The Bertz CT molecular complexity index is 795. The van der Waals surface area contributed by atoms with Crippen LogP contribution in [-0.2, 0) is 15.1 Å². The zero-order valence-electron chi connectivity index (χ0n) is 20.1. The van der Waals surface area contributed by atoms with Gasteiger partial charge in [0.25, 0.3) is 0 Å². The third kappa shape index (κ3) is 6.82. The summed E-state index contributed by atoms with van der Waals surface area (Å²) in [6, 6.07) is 4.36. The number of methoxy groups -OCH3 is 1. The molecule has 34 heavy (non-hydrogen) atoms. The lowest BCUT2D eigenvalue weighted by molar-refractivity contribution is -0.0587. The number of rotatable bonds is 11. The second kappa shape index (κ2) is 13.0. The summed E-state index contributed by atoms with van der Waals surface area (Å²) in [4.78, 5) is 14.8. The molecular weight excluding hydrogens is 461 g/mol. The maximum Gasteiger partial charge on any atom is 0.317 e. The van der Waals surface area contributed by atoms with E-state index in [1.54, 1.807) is 24.1 Å². The fourth-order valence-corrected chi connectivity index (χ4v) is 5.39. The number of aliphatic hydroxyl groups is 1. The van der Waals surface area contributed by atoms with Crippen molar-refractivity contribution in [2.45, 2.75) is 69.1 Å². The van der Waals surface area contributed by atoms with Gasteiger partial charge in [-0.3, -0.25) is 0 Å². The smallest absolute Gasteiger partial charge is 0.317 e. The Morgan fingerprint density at radius 3 is 2.94 bits per heavy atom. The number of benzene rings is 1. The van der Waals surface area contributed by atoms with Crippen molar-refractivity contribution in [2.24, 2.45) is 11.7 Å². The molecular formula is C25H39ClFN3O4. The molecule has 0 radical (unpaired) electrons. The molecule has 0 aliphatic carbocycles. The standard InChI is InChI=1S/C25H39ClFN3O4/c1-33-13-3-2-11-25(32,21-9-4-10-22(26)23(21)27)18-7-5-12-30(17-18)24(31)29-19(16-28)15-20-8-6-14-34-20/h4,9-10,18-20,32H,2-3,5-8,11-17,28H2,1H3,(H,29,31). The molecule has 1 aromatic carbocycles. The molecule has 2 aliphatic rings. The Morgan fingerprint density at radius 1 is 1.41 bits per heavy atom. The van der Waals surface area contributed by atoms with Gasteiger partial charge < -0.3 is 30.5 Å². The van der Waals surface area contributed by atoms with Crippen molar-refractivity contribution >= 4 is 17.6 Å². The SMILES string of the molecule is COCCCCC(O)(c1cccc(Cl)c1F)C1CCCN(C(=O)NC(CN)CC2CCCO2)C1. The first-order chi connectivity index (χ1) is 16.4. The van der Waals surface area contributed by atoms with Gasteiger partial charge in [-0.25, -0.2) is 9.18 Å². The van der Waals surface area contributed by atoms with Crippen molar-refractivity contribution in [1.82, 2.24) is 10.2 Å². The van der Waals surface area contributed by atoms with Crippen LogP contribution in [0.15, 0.2) is 18.2 Å². The summed E-state index contributed by atoms with van der Waals surface area (Å²) in [5.41, 5.74) is 4.68. The number of ether oxygens (including phenoxy) is 2. The molecule has 0 bridgehead atoms. The van der Waals surface area contributed by atoms with E-state index in [9.17, 15) is 9.90 Å². The molecule has 2 heterocycles. The minimum atomic E-state index is -1.44. The predicted molar refractivity (Wildman–Crippen MR) is 130 cm³/mol. The van der Waals surface area contributed by atoms with E-state index in [1.165, 1.54) is 6.07 Å². The Kier molecular flexibility index (Phi) is 10.4. The summed E-state index contributed by atoms with van der Waals surface area (Å²) in [5, 5.41) is 14.9. The van der Waals surface area contributed by atoms with Crippen LogP contribution in [0.4, 0.5) is 9.18 Å². The lowest BCUT2D eigenvalue weighted by Crippen LogP contribution is -2.54. The van der Waals surface area contributed by atoms with Crippen molar-refractivity contribution in [3.8, 4) is 0 Å². The van der Waals surface area contributed by atoms with Crippen LogP contribution in [0.2, 0.25) is 5.02 Å². The topological polar surface area (TPSA) is 97.1 Å². The van der Waals surface area contributed by atoms with E-state index < -0.39 is 11.4 Å². The molecule has 3 rings (SSSR count). The van der Waals surface area contributed by atoms with E-state index in [1.807, 2.05) is 0 Å². The minimum Gasteiger partial charge on any atom is -0.385 e. The number of likely N-dealkylation sites (tertiary alicyclic amines) is 1. The van der Waals surface area contributed by atoms with Gasteiger partial charge in [-0.05, 0) is 57.4 Å². The van der Waals surface area contributed by atoms with Gasteiger partial charge in [0.2, 0.25) is 0 Å². The monoisotopic (exact) mass is 499 g/mol. The molecule has 4 unspecified atom stereocenters. The van der Waals surface area contributed by atoms with Gasteiger partial charge in [0.15, 0.2) is 0 Å². The molecule has 192 valence electrons. The maximum atomic E-state index is 15.1. The van der Waals surface area contributed by atoms with Gasteiger partial charge in [0.1, 0.15) is 5.82 Å². The Balaban J connectivity index is 1.72. The van der Waals surface area contributed by atoms with E-state index in [2.05, 4.69) is 5.32 Å². The number of halogens is 2. The van der Waals surface area contributed by atoms with Crippen LogP contribution in [0.3, 0.4) is 0 Å². The second-order valence-electron chi connectivity index (χ2n) is 9.51. The Hall–Kier alpha value is -1.45. The van der Waals surface area contributed by atoms with E-state index >= 15 is 4.39 Å². The summed E-state index contributed by atoms with van der Waals surface area (Å²) in [6.45, 7) is 2.57. The summed E-state index contributed by atoms with van der Waals surface area (Å²) >= 11 is 6.06. The van der Waals surface area contributed by atoms with E-state index in [-0.39, 0.29) is 34.7 Å². The van der Waals surface area contributed by atoms with Gasteiger partial charge >= 0.3 is 6.03 Å². The van der Waals surface area contributed by atoms with E-state index in [4.69, 9.17) is 26.8 Å². The summed E-state index contributed by atoms with van der Waals surface area (Å²) in [7, 11) is 1.63. The molecule has 0 spiro atoms. The zero-order valence-corrected chi connectivity index (χ0v) is 20.9. The van der Waals surface area contributed by atoms with Crippen LogP contribution in [0.25, 0.3) is 0 Å². The molecule has 2 amide bonds. The number of unbranched alkanes of at least 4 members (excludes halogenated alkanes) is 1. The van der Waals surface area contributed by atoms with Crippen molar-refractivity contribution in [2.75, 3.05) is 40.0 Å². The van der Waals surface area contributed by atoms with Crippen molar-refractivity contribution in [3.63, 3.8) is 0 Å². The van der Waals surface area contributed by atoms with Crippen LogP contribution in [0.1, 0.15) is 56.9 Å². The average molecular weight is 500 g/mol. The van der Waals surface area contributed by atoms with Crippen LogP contribution in [-0.4, -0.2) is 68.1 Å². The first-order valence-electron chi connectivity index (χ1n) is 12.4. The number of nitrogens with two attached hydrogens (primary N) is 1. The van der Waals surface area contributed by atoms with Crippen LogP contribution >= 0.6 is 11.6 Å². The van der Waals surface area contributed by atoms with E-state index in [0.717, 1.165) is 32.3 Å². The zero-order chi connectivity index (χ0) is 24.6. The molecule has 4 N–H and O–H groups in total. The first kappa shape index (κ1) is 27.1. The fourth-order valence-electron chi connectivity index (χ4n) is 5.22. The summed E-state index contributed by atoms with van der Waals surface area (Å²) in [6.07, 6.45) is 6.02. The highest BCUT2D eigenvalue weighted by Gasteiger charge is 2.43. The van der Waals surface area contributed by atoms with Crippen LogP contribution in [0.5, 0.6) is 0 Å². The lowest BCUT2D eigenvalue weighted by Gasteiger charge is -2.43. The number of carbonyl (C=O) groups is 1. The molecule has 0 aromatic heterocycles. The maximum absolute atomic E-state index is 15.1. The van der Waals surface area contributed by atoms with Gasteiger partial charge in [0, 0.05) is 57.5 Å². The number of hydrogen-bond donors (Lipinski definition) is 3. The van der Waals surface area contributed by atoms with E-state index in [0.29, 0.717) is 51.9 Å². The Morgan fingerprint density at radius 2 is 2.24 bits per heavy atom. The number of urea groups is 1. The number of nitrogens with zero attached hydrogens (tertiary/aromatic N) is 1. The Labute approximate surface area is 207 Å². The second-order valence-corrected chi connectivity index (χ2v) is 9.92. The highest BCUT2D eigenvalue weighted by Crippen LogP contribution is 2.42. The quantitative estimate of drug-likeness (QED) is 0.402. The molecule has 7 nitrogen and oxygen atoms in total. The molecule has 2 fully saturated rings. The largest absolute Gasteiger partial charge is 0.385 e. The highest BCUT2D eigenvalue weighted by atomic mass is 35.5. The number of piperidine rings is 1.